The summed E-state index contributed by atoms with van der Waals surface area (Å²) in [6.07, 6.45) is 6.14. The third-order valence-electron chi connectivity index (χ3n) is 2.61. The van der Waals surface area contributed by atoms with Gasteiger partial charge in [-0.25, -0.2) is 9.78 Å². The molecule has 0 atom stereocenters. The van der Waals surface area contributed by atoms with Gasteiger partial charge in [-0.05, 0) is 31.1 Å². The number of aryl methyl sites for hydroxylation is 1. The number of pyridine rings is 1. The van der Waals surface area contributed by atoms with E-state index in [-0.39, 0.29) is 0 Å². The molecule has 2 rings (SSSR count). The van der Waals surface area contributed by atoms with Gasteiger partial charge in [-0.15, -0.1) is 11.3 Å². The molecular formula is C15H16N2O3S. The minimum atomic E-state index is -0.997. The number of carbonyl (C=O) groups is 1. The first-order chi connectivity index (χ1) is 10.2. The Balaban J connectivity index is 1.89. The van der Waals surface area contributed by atoms with E-state index in [2.05, 4.69) is 16.9 Å². The molecule has 0 bridgehead atoms. The highest BCUT2D eigenvalue weighted by atomic mass is 32.1. The van der Waals surface area contributed by atoms with Crippen LogP contribution < -0.4 is 4.74 Å². The van der Waals surface area contributed by atoms with E-state index in [1.165, 1.54) is 6.08 Å². The summed E-state index contributed by atoms with van der Waals surface area (Å²) in [6.45, 7) is 2.54. The first kappa shape index (κ1) is 15.2. The third kappa shape index (κ3) is 5.00. The van der Waals surface area contributed by atoms with Crippen molar-refractivity contribution in [1.29, 1.82) is 0 Å². The summed E-state index contributed by atoms with van der Waals surface area (Å²) in [6, 6.07) is 3.46. The average molecular weight is 304 g/mol. The molecule has 0 saturated heterocycles. The summed E-state index contributed by atoms with van der Waals surface area (Å²) in [7, 11) is 0. The van der Waals surface area contributed by atoms with E-state index >= 15 is 0 Å². The maximum absolute atomic E-state index is 10.4. The number of carboxylic acids is 1. The van der Waals surface area contributed by atoms with Crippen LogP contribution in [0.15, 0.2) is 29.8 Å². The summed E-state index contributed by atoms with van der Waals surface area (Å²) < 4.78 is 5.61. The highest BCUT2D eigenvalue weighted by Gasteiger charge is 2.02. The van der Waals surface area contributed by atoms with Gasteiger partial charge in [-0.1, -0.05) is 6.92 Å². The zero-order chi connectivity index (χ0) is 15.1. The number of rotatable bonds is 7. The lowest BCUT2D eigenvalue weighted by Gasteiger charge is -2.03. The first-order valence-electron chi connectivity index (χ1n) is 6.60. The number of nitrogens with zero attached hydrogens (tertiary/aromatic N) is 2. The molecule has 0 aliphatic heterocycles. The van der Waals surface area contributed by atoms with Gasteiger partial charge in [0, 0.05) is 11.5 Å². The molecule has 0 aliphatic carbocycles. The minimum Gasteiger partial charge on any atom is -0.486 e. The fourth-order valence-corrected chi connectivity index (χ4v) is 2.52. The molecule has 6 heteroatoms. The van der Waals surface area contributed by atoms with Gasteiger partial charge in [0.25, 0.3) is 0 Å². The van der Waals surface area contributed by atoms with Crippen LogP contribution in [0.4, 0.5) is 0 Å². The van der Waals surface area contributed by atoms with Crippen molar-refractivity contribution < 1.29 is 14.6 Å². The Kier molecular flexibility index (Phi) is 5.45. The van der Waals surface area contributed by atoms with E-state index in [1.807, 2.05) is 5.38 Å². The van der Waals surface area contributed by atoms with Crippen molar-refractivity contribution in [3.8, 4) is 5.75 Å². The van der Waals surface area contributed by atoms with Crippen molar-refractivity contribution in [3.05, 3.63) is 46.2 Å². The SMILES string of the molecule is CCCc1nc(COc2ccc(C=CC(=O)O)nc2)cs1. The summed E-state index contributed by atoms with van der Waals surface area (Å²) in [5, 5.41) is 11.7. The van der Waals surface area contributed by atoms with Crippen LogP contribution in [0.1, 0.15) is 29.7 Å². The van der Waals surface area contributed by atoms with Crippen molar-refractivity contribution in [2.45, 2.75) is 26.4 Å². The van der Waals surface area contributed by atoms with Gasteiger partial charge in [0.05, 0.1) is 22.6 Å². The predicted octanol–water partition coefficient (Wildman–Crippen LogP) is 3.17. The molecule has 2 heterocycles. The molecule has 0 amide bonds. The maximum Gasteiger partial charge on any atom is 0.328 e. The highest BCUT2D eigenvalue weighted by Crippen LogP contribution is 2.15. The molecule has 1 N–H and O–H groups in total. The van der Waals surface area contributed by atoms with Crippen LogP contribution in [0, 0.1) is 0 Å². The van der Waals surface area contributed by atoms with Gasteiger partial charge in [0.2, 0.25) is 0 Å². The number of ether oxygens (including phenoxy) is 1. The van der Waals surface area contributed by atoms with Crippen molar-refractivity contribution in [3.63, 3.8) is 0 Å². The molecule has 2 aromatic heterocycles. The highest BCUT2D eigenvalue weighted by molar-refractivity contribution is 7.09. The fourth-order valence-electron chi connectivity index (χ4n) is 1.63. The average Bonchev–Trinajstić information content (AvgIpc) is 2.92. The van der Waals surface area contributed by atoms with Crippen LogP contribution in [0.3, 0.4) is 0 Å². The molecule has 21 heavy (non-hydrogen) atoms. The molecule has 0 unspecified atom stereocenters. The van der Waals surface area contributed by atoms with Gasteiger partial charge in [0.1, 0.15) is 12.4 Å². The van der Waals surface area contributed by atoms with E-state index in [1.54, 1.807) is 29.7 Å². The second-order valence-corrected chi connectivity index (χ2v) is 5.30. The molecule has 0 saturated carbocycles. The quantitative estimate of drug-likeness (QED) is 0.795. The van der Waals surface area contributed by atoms with Gasteiger partial charge in [-0.3, -0.25) is 4.98 Å². The summed E-state index contributed by atoms with van der Waals surface area (Å²) in [5.41, 5.74) is 1.49. The Hall–Kier alpha value is -2.21. The van der Waals surface area contributed by atoms with Crippen molar-refractivity contribution in [2.75, 3.05) is 0 Å². The predicted molar refractivity (Wildman–Crippen MR) is 81.3 cm³/mol. The second kappa shape index (κ2) is 7.54. The molecule has 0 spiro atoms. The van der Waals surface area contributed by atoms with E-state index in [4.69, 9.17) is 9.84 Å². The maximum atomic E-state index is 10.4. The Labute approximate surface area is 127 Å². The summed E-state index contributed by atoms with van der Waals surface area (Å²) >= 11 is 1.65. The number of aromatic nitrogens is 2. The molecule has 0 fully saturated rings. The van der Waals surface area contributed by atoms with Crippen molar-refractivity contribution in [2.24, 2.45) is 0 Å². The Bertz CT molecular complexity index is 620. The Morgan fingerprint density at radius 2 is 2.33 bits per heavy atom. The lowest BCUT2D eigenvalue weighted by Crippen LogP contribution is -1.97. The first-order valence-corrected chi connectivity index (χ1v) is 7.48. The topological polar surface area (TPSA) is 72.3 Å². The Morgan fingerprint density at radius 3 is 3.00 bits per heavy atom. The summed E-state index contributed by atoms with van der Waals surface area (Å²) in [4.78, 5) is 19.0. The van der Waals surface area contributed by atoms with Gasteiger partial charge >= 0.3 is 5.97 Å². The third-order valence-corrected chi connectivity index (χ3v) is 3.56. The number of carboxylic acid groups (broad SMARTS) is 1. The zero-order valence-electron chi connectivity index (χ0n) is 11.7. The Morgan fingerprint density at radius 1 is 1.48 bits per heavy atom. The number of hydrogen-bond donors (Lipinski definition) is 1. The number of hydrogen-bond acceptors (Lipinski definition) is 5. The molecular weight excluding hydrogens is 288 g/mol. The van der Waals surface area contributed by atoms with Gasteiger partial charge in [0.15, 0.2) is 0 Å². The van der Waals surface area contributed by atoms with E-state index in [0.717, 1.165) is 29.6 Å². The lowest BCUT2D eigenvalue weighted by molar-refractivity contribution is -0.131. The molecule has 0 aliphatic rings. The molecule has 2 aromatic rings. The molecule has 110 valence electrons. The lowest BCUT2D eigenvalue weighted by atomic mass is 10.3. The zero-order valence-corrected chi connectivity index (χ0v) is 12.5. The van der Waals surface area contributed by atoms with E-state index in [9.17, 15) is 4.79 Å². The standard InChI is InChI=1S/C15H16N2O3S/c1-2-3-14-17-12(10-21-14)9-20-13-6-4-11(16-8-13)5-7-15(18)19/h4-8,10H,2-3,9H2,1H3,(H,18,19). The van der Waals surface area contributed by atoms with E-state index < -0.39 is 5.97 Å². The van der Waals surface area contributed by atoms with E-state index in [0.29, 0.717) is 18.1 Å². The molecule has 0 aromatic carbocycles. The van der Waals surface area contributed by atoms with Gasteiger partial charge in [-0.2, -0.15) is 0 Å². The monoisotopic (exact) mass is 304 g/mol. The van der Waals surface area contributed by atoms with Gasteiger partial charge < -0.3 is 9.84 Å². The van der Waals surface area contributed by atoms with Crippen LogP contribution in [0.5, 0.6) is 5.75 Å². The number of aliphatic carboxylic acids is 1. The van der Waals surface area contributed by atoms with Crippen LogP contribution in [0.2, 0.25) is 0 Å². The minimum absolute atomic E-state index is 0.409. The van der Waals surface area contributed by atoms with Crippen molar-refractivity contribution >= 4 is 23.4 Å². The van der Waals surface area contributed by atoms with Crippen molar-refractivity contribution in [1.82, 2.24) is 9.97 Å². The largest absolute Gasteiger partial charge is 0.486 e. The van der Waals surface area contributed by atoms with Crippen LogP contribution >= 0.6 is 11.3 Å². The van der Waals surface area contributed by atoms with Crippen LogP contribution in [0.25, 0.3) is 6.08 Å². The molecule has 5 nitrogen and oxygen atoms in total. The number of thiazole rings is 1. The fraction of sp³-hybridized carbons (Fsp3) is 0.267. The summed E-state index contributed by atoms with van der Waals surface area (Å²) in [5.74, 6) is -0.365. The molecule has 0 radical (unpaired) electrons. The normalized spacial score (nSPS) is 10.9. The second-order valence-electron chi connectivity index (χ2n) is 4.36. The van der Waals surface area contributed by atoms with Crippen LogP contribution in [-0.2, 0) is 17.8 Å². The van der Waals surface area contributed by atoms with Crippen LogP contribution in [-0.4, -0.2) is 21.0 Å². The smallest absolute Gasteiger partial charge is 0.328 e.